The standard InChI is InChI=1S/C17H21FN2O.ClH/c1-2-5-17(6-8-19-9-7-17)16(21)15-11-12-10-13(18)3-4-14(12)20-15;/h3-4,10-11,19-20H,2,5-9H2,1H3;1H. The molecule has 0 saturated carbocycles. The summed E-state index contributed by atoms with van der Waals surface area (Å²) < 4.78 is 13.3. The Bertz CT molecular complexity index is 656. The summed E-state index contributed by atoms with van der Waals surface area (Å²) in [6, 6.07) is 6.37. The Balaban J connectivity index is 0.00000176. The highest BCUT2D eigenvalue weighted by molar-refractivity contribution is 6.03. The quantitative estimate of drug-likeness (QED) is 0.832. The van der Waals surface area contributed by atoms with E-state index in [0.29, 0.717) is 5.69 Å². The molecule has 3 nitrogen and oxygen atoms in total. The van der Waals surface area contributed by atoms with E-state index in [1.807, 2.05) is 0 Å². The third-order valence-corrected chi connectivity index (χ3v) is 4.60. The van der Waals surface area contributed by atoms with E-state index in [1.54, 1.807) is 12.1 Å². The maximum absolute atomic E-state index is 13.3. The lowest BCUT2D eigenvalue weighted by Gasteiger charge is -2.35. The number of rotatable bonds is 4. The third kappa shape index (κ3) is 3.03. The number of benzene rings is 1. The molecular formula is C17H22ClFN2O. The van der Waals surface area contributed by atoms with E-state index in [4.69, 9.17) is 0 Å². The van der Waals surface area contributed by atoms with Gasteiger partial charge in [-0.15, -0.1) is 12.4 Å². The number of H-pyrrole nitrogens is 1. The second kappa shape index (κ2) is 6.80. The summed E-state index contributed by atoms with van der Waals surface area (Å²) in [4.78, 5) is 16.2. The zero-order chi connectivity index (χ0) is 14.9. The molecule has 1 aromatic heterocycles. The van der Waals surface area contributed by atoms with Gasteiger partial charge in [-0.2, -0.15) is 0 Å². The van der Waals surface area contributed by atoms with E-state index < -0.39 is 0 Å². The lowest BCUT2D eigenvalue weighted by Crippen LogP contribution is -2.42. The molecule has 1 aliphatic rings. The number of aromatic amines is 1. The van der Waals surface area contributed by atoms with E-state index >= 15 is 0 Å². The number of hydrogen-bond donors (Lipinski definition) is 2. The van der Waals surface area contributed by atoms with Gasteiger partial charge in [0.25, 0.3) is 0 Å². The van der Waals surface area contributed by atoms with Gasteiger partial charge in [-0.3, -0.25) is 4.79 Å². The summed E-state index contributed by atoms with van der Waals surface area (Å²) in [5.74, 6) is -0.0897. The van der Waals surface area contributed by atoms with E-state index in [1.165, 1.54) is 12.1 Å². The van der Waals surface area contributed by atoms with Gasteiger partial charge in [-0.1, -0.05) is 13.3 Å². The van der Waals surface area contributed by atoms with Crippen molar-refractivity contribution < 1.29 is 9.18 Å². The van der Waals surface area contributed by atoms with Crippen molar-refractivity contribution >= 4 is 29.1 Å². The summed E-state index contributed by atoms with van der Waals surface area (Å²) in [6.07, 6.45) is 3.67. The number of hydrogen-bond acceptors (Lipinski definition) is 2. The maximum atomic E-state index is 13.3. The molecule has 1 aliphatic heterocycles. The number of ketones is 1. The molecule has 2 aromatic rings. The van der Waals surface area contributed by atoms with Crippen molar-refractivity contribution in [2.75, 3.05) is 13.1 Å². The Kier molecular flexibility index (Phi) is 5.24. The minimum Gasteiger partial charge on any atom is -0.352 e. The Morgan fingerprint density at radius 1 is 1.27 bits per heavy atom. The van der Waals surface area contributed by atoms with Crippen LogP contribution in [0.25, 0.3) is 10.9 Å². The molecule has 2 heterocycles. The zero-order valence-corrected chi connectivity index (χ0v) is 13.6. The van der Waals surface area contributed by atoms with E-state index in [-0.39, 0.29) is 29.4 Å². The molecule has 0 bridgehead atoms. The summed E-state index contributed by atoms with van der Waals surface area (Å²) in [6.45, 7) is 3.90. The second-order valence-electron chi connectivity index (χ2n) is 6.02. The molecule has 22 heavy (non-hydrogen) atoms. The highest BCUT2D eigenvalue weighted by Gasteiger charge is 2.39. The van der Waals surface area contributed by atoms with Crippen LogP contribution in [0, 0.1) is 11.2 Å². The SMILES string of the molecule is CCCC1(C(=O)c2cc3cc(F)ccc3[nH]2)CCNCC1.Cl. The molecule has 3 rings (SSSR count). The molecule has 0 spiro atoms. The maximum Gasteiger partial charge on any atom is 0.185 e. The van der Waals surface area contributed by atoms with Crippen LogP contribution in [0.15, 0.2) is 24.3 Å². The normalized spacial score (nSPS) is 17.2. The van der Waals surface area contributed by atoms with Crippen LogP contribution in [0.4, 0.5) is 4.39 Å². The predicted molar refractivity (Wildman–Crippen MR) is 89.3 cm³/mol. The minimum atomic E-state index is -0.273. The first-order chi connectivity index (χ1) is 10.1. The monoisotopic (exact) mass is 324 g/mol. The van der Waals surface area contributed by atoms with Crippen LogP contribution < -0.4 is 5.32 Å². The Morgan fingerprint density at radius 2 is 2.00 bits per heavy atom. The van der Waals surface area contributed by atoms with Crippen LogP contribution in [-0.2, 0) is 0 Å². The molecule has 120 valence electrons. The van der Waals surface area contributed by atoms with Gasteiger partial charge in [0.05, 0.1) is 5.69 Å². The first-order valence-corrected chi connectivity index (χ1v) is 7.68. The minimum absolute atomic E-state index is 0. The number of aromatic nitrogens is 1. The topological polar surface area (TPSA) is 44.9 Å². The van der Waals surface area contributed by atoms with Crippen molar-refractivity contribution in [3.8, 4) is 0 Å². The number of fused-ring (bicyclic) bond motifs is 1. The van der Waals surface area contributed by atoms with Crippen LogP contribution in [-0.4, -0.2) is 23.9 Å². The Hall–Kier alpha value is -1.39. The molecule has 1 aromatic carbocycles. The fourth-order valence-corrected chi connectivity index (χ4v) is 3.49. The number of halogens is 2. The van der Waals surface area contributed by atoms with Gasteiger partial charge in [-0.05, 0) is 56.6 Å². The molecule has 1 saturated heterocycles. The van der Waals surface area contributed by atoms with E-state index in [9.17, 15) is 9.18 Å². The van der Waals surface area contributed by atoms with Gasteiger partial charge in [-0.25, -0.2) is 4.39 Å². The van der Waals surface area contributed by atoms with Crippen LogP contribution in [0.5, 0.6) is 0 Å². The molecular weight excluding hydrogens is 303 g/mol. The first-order valence-electron chi connectivity index (χ1n) is 7.68. The molecule has 0 aliphatic carbocycles. The average molecular weight is 325 g/mol. The summed E-state index contributed by atoms with van der Waals surface area (Å²) in [5, 5.41) is 4.09. The highest BCUT2D eigenvalue weighted by atomic mass is 35.5. The zero-order valence-electron chi connectivity index (χ0n) is 12.7. The van der Waals surface area contributed by atoms with E-state index in [0.717, 1.165) is 49.7 Å². The Morgan fingerprint density at radius 3 is 2.68 bits per heavy atom. The number of carbonyl (C=O) groups is 1. The first kappa shape index (κ1) is 17.0. The predicted octanol–water partition coefficient (Wildman–Crippen LogP) is 4.08. The summed E-state index contributed by atoms with van der Waals surface area (Å²) >= 11 is 0. The number of carbonyl (C=O) groups excluding carboxylic acids is 1. The van der Waals surface area contributed by atoms with Crippen LogP contribution in [0.3, 0.4) is 0 Å². The van der Waals surface area contributed by atoms with Crippen molar-refractivity contribution in [3.63, 3.8) is 0 Å². The number of nitrogens with one attached hydrogen (secondary N) is 2. The number of piperidine rings is 1. The summed E-state index contributed by atoms with van der Waals surface area (Å²) in [7, 11) is 0. The van der Waals surface area contributed by atoms with Gasteiger partial charge in [0, 0.05) is 16.3 Å². The smallest absolute Gasteiger partial charge is 0.185 e. The molecule has 0 atom stereocenters. The average Bonchev–Trinajstić information content (AvgIpc) is 2.90. The molecule has 5 heteroatoms. The number of Topliss-reactive ketones (excluding diaryl/α,β-unsaturated/α-hetero) is 1. The summed E-state index contributed by atoms with van der Waals surface area (Å²) in [5.41, 5.74) is 1.17. The Labute approximate surface area is 136 Å². The fraction of sp³-hybridized carbons (Fsp3) is 0.471. The van der Waals surface area contributed by atoms with Crippen molar-refractivity contribution in [3.05, 3.63) is 35.8 Å². The molecule has 0 radical (unpaired) electrons. The molecule has 1 fully saturated rings. The van der Waals surface area contributed by atoms with Crippen LogP contribution in [0.2, 0.25) is 0 Å². The lowest BCUT2D eigenvalue weighted by molar-refractivity contribution is 0.0699. The van der Waals surface area contributed by atoms with Gasteiger partial charge in [0.1, 0.15) is 5.82 Å². The van der Waals surface area contributed by atoms with Gasteiger partial charge >= 0.3 is 0 Å². The van der Waals surface area contributed by atoms with Gasteiger partial charge in [0.15, 0.2) is 5.78 Å². The second-order valence-corrected chi connectivity index (χ2v) is 6.02. The lowest BCUT2D eigenvalue weighted by atomic mass is 9.71. The molecule has 0 amide bonds. The van der Waals surface area contributed by atoms with Crippen LogP contribution in [0.1, 0.15) is 43.1 Å². The van der Waals surface area contributed by atoms with Crippen molar-refractivity contribution in [1.29, 1.82) is 0 Å². The van der Waals surface area contributed by atoms with Crippen molar-refractivity contribution in [1.82, 2.24) is 10.3 Å². The van der Waals surface area contributed by atoms with Crippen LogP contribution >= 0.6 is 12.4 Å². The van der Waals surface area contributed by atoms with Crippen molar-refractivity contribution in [2.24, 2.45) is 5.41 Å². The third-order valence-electron chi connectivity index (χ3n) is 4.60. The van der Waals surface area contributed by atoms with Crippen molar-refractivity contribution in [2.45, 2.75) is 32.6 Å². The largest absolute Gasteiger partial charge is 0.352 e. The van der Waals surface area contributed by atoms with Gasteiger partial charge in [0.2, 0.25) is 0 Å². The highest BCUT2D eigenvalue weighted by Crippen LogP contribution is 2.37. The van der Waals surface area contributed by atoms with Gasteiger partial charge < -0.3 is 10.3 Å². The molecule has 0 unspecified atom stereocenters. The van der Waals surface area contributed by atoms with E-state index in [2.05, 4.69) is 17.2 Å². The fourth-order valence-electron chi connectivity index (χ4n) is 3.49. The molecule has 2 N–H and O–H groups in total.